The van der Waals surface area contributed by atoms with E-state index >= 15 is 0 Å². The van der Waals surface area contributed by atoms with Crippen LogP contribution in [0.25, 0.3) is 11.0 Å². The molecule has 0 aliphatic carbocycles. The fourth-order valence-corrected chi connectivity index (χ4v) is 2.16. The number of fused-ring (bicyclic) bond motifs is 1. The highest BCUT2D eigenvalue weighted by atomic mass is 32.2. The van der Waals surface area contributed by atoms with Crippen molar-refractivity contribution in [2.24, 2.45) is 14.1 Å². The second-order valence-electron chi connectivity index (χ2n) is 5.26. The van der Waals surface area contributed by atoms with Gasteiger partial charge in [0.25, 0.3) is 0 Å². The van der Waals surface area contributed by atoms with Gasteiger partial charge in [-0.3, -0.25) is 0 Å². The largest absolute Gasteiger partial charge is 0.741 e. The molecule has 0 radical (unpaired) electrons. The molecule has 12 heteroatoms. The van der Waals surface area contributed by atoms with Crippen LogP contribution in [0.2, 0.25) is 0 Å². The zero-order valence-corrected chi connectivity index (χ0v) is 14.3. The van der Waals surface area contributed by atoms with Crippen molar-refractivity contribution in [3.05, 3.63) is 29.1 Å². The van der Waals surface area contributed by atoms with Gasteiger partial charge in [-0.15, -0.1) is 0 Å². The van der Waals surface area contributed by atoms with Crippen molar-refractivity contribution in [1.82, 2.24) is 4.57 Å². The van der Waals surface area contributed by atoms with Crippen molar-refractivity contribution in [2.75, 3.05) is 0 Å². The molecule has 0 fully saturated rings. The maximum absolute atomic E-state index is 12.9. The molecule has 0 aliphatic rings. The van der Waals surface area contributed by atoms with Crippen LogP contribution in [0.4, 0.5) is 26.3 Å². The summed E-state index contributed by atoms with van der Waals surface area (Å²) >= 11 is 0. The summed E-state index contributed by atoms with van der Waals surface area (Å²) in [5, 5.41) is 0. The molecule has 2 aromatic rings. The predicted octanol–water partition coefficient (Wildman–Crippen LogP) is 2.69. The third kappa shape index (κ3) is 4.42. The molecule has 1 aromatic heterocycles. The Morgan fingerprint density at radius 1 is 1.04 bits per heavy atom. The van der Waals surface area contributed by atoms with Crippen LogP contribution in [0.1, 0.15) is 17.0 Å². The number of nitrogens with zero attached hydrogens (tertiary/aromatic N) is 2. The molecule has 0 N–H and O–H groups in total. The molecule has 0 saturated heterocycles. The van der Waals surface area contributed by atoms with Gasteiger partial charge >= 0.3 is 17.5 Å². The number of aryl methyl sites for hydroxylation is 4. The minimum atomic E-state index is -6.09. The maximum atomic E-state index is 12.9. The molecule has 0 unspecified atom stereocenters. The summed E-state index contributed by atoms with van der Waals surface area (Å²) in [5.74, 6) is -0.641. The standard InChI is InChI=1S/C12H14F3N2.CHF3O3S/c1-7-5-9-10(6-8(7)2)17(4)11(16(9)3)12(13,14)15;2-1(3,4)8(5,6)7/h5-6H,1-4H3;(H,5,6,7)/q+1;/p-1. The predicted molar refractivity (Wildman–Crippen MR) is 74.3 cm³/mol. The highest BCUT2D eigenvalue weighted by Crippen LogP contribution is 2.30. The van der Waals surface area contributed by atoms with Gasteiger partial charge in [-0.05, 0) is 37.1 Å². The first kappa shape index (κ1) is 21.2. The van der Waals surface area contributed by atoms with E-state index < -0.39 is 27.6 Å². The Balaban J connectivity index is 0.000000333. The first-order valence-corrected chi connectivity index (χ1v) is 7.94. The summed E-state index contributed by atoms with van der Waals surface area (Å²) in [5.41, 5.74) is -2.46. The Morgan fingerprint density at radius 2 is 1.44 bits per heavy atom. The highest BCUT2D eigenvalue weighted by Gasteiger charge is 2.45. The molecule has 1 aromatic carbocycles. The summed E-state index contributed by atoms with van der Waals surface area (Å²) in [4.78, 5) is 0. The molecule has 0 saturated carbocycles. The molecule has 5 nitrogen and oxygen atoms in total. The SMILES string of the molecule is Cc1cc2c(cc1C)[n+](C)c(C(F)(F)F)n2C.O=S(=O)([O-])C(F)(F)F. The molecule has 0 spiro atoms. The number of halogens is 6. The second kappa shape index (κ2) is 6.48. The summed E-state index contributed by atoms with van der Waals surface area (Å²) in [6.07, 6.45) is -4.34. The molecule has 1 heterocycles. The number of alkyl halides is 6. The van der Waals surface area contributed by atoms with Gasteiger partial charge in [0.2, 0.25) is 0 Å². The van der Waals surface area contributed by atoms with Crippen molar-refractivity contribution in [1.29, 1.82) is 0 Å². The quantitative estimate of drug-likeness (QED) is 0.300. The van der Waals surface area contributed by atoms with Crippen LogP contribution in [0, 0.1) is 13.8 Å². The van der Waals surface area contributed by atoms with E-state index in [1.807, 2.05) is 13.8 Å². The van der Waals surface area contributed by atoms with Crippen molar-refractivity contribution in [3.63, 3.8) is 0 Å². The average molecular weight is 392 g/mol. The van der Waals surface area contributed by atoms with Crippen LogP contribution in [0.3, 0.4) is 0 Å². The van der Waals surface area contributed by atoms with Crippen LogP contribution >= 0.6 is 0 Å². The Labute approximate surface area is 139 Å². The number of hydrogen-bond donors (Lipinski definition) is 0. The average Bonchev–Trinajstić information content (AvgIpc) is 2.60. The van der Waals surface area contributed by atoms with Gasteiger partial charge in [0.15, 0.2) is 21.2 Å². The Bertz CT molecular complexity index is 852. The number of rotatable bonds is 0. The van der Waals surface area contributed by atoms with Gasteiger partial charge in [0.05, 0.1) is 14.1 Å². The van der Waals surface area contributed by atoms with Crippen molar-refractivity contribution < 1.29 is 43.9 Å². The molecule has 0 aliphatic heterocycles. The van der Waals surface area contributed by atoms with Crippen LogP contribution < -0.4 is 4.57 Å². The van der Waals surface area contributed by atoms with Gasteiger partial charge in [0.1, 0.15) is 0 Å². The normalized spacial score (nSPS) is 12.9. The monoisotopic (exact) mass is 392 g/mol. The lowest BCUT2D eigenvalue weighted by molar-refractivity contribution is -0.667. The zero-order chi connectivity index (χ0) is 20.0. The van der Waals surface area contributed by atoms with Crippen LogP contribution in [-0.2, 0) is 30.4 Å². The lowest BCUT2D eigenvalue weighted by atomic mass is 10.1. The Kier molecular flexibility index (Phi) is 5.50. The van der Waals surface area contributed by atoms with E-state index in [-0.39, 0.29) is 0 Å². The van der Waals surface area contributed by atoms with Crippen molar-refractivity contribution >= 4 is 21.2 Å². The Morgan fingerprint density at radius 3 is 1.80 bits per heavy atom. The lowest BCUT2D eigenvalue weighted by Crippen LogP contribution is -2.37. The Hall–Kier alpha value is -1.82. The molecule has 142 valence electrons. The van der Waals surface area contributed by atoms with Gasteiger partial charge < -0.3 is 4.55 Å². The van der Waals surface area contributed by atoms with Gasteiger partial charge in [-0.2, -0.15) is 26.3 Å². The van der Waals surface area contributed by atoms with E-state index in [0.717, 1.165) is 11.1 Å². The molecule has 0 atom stereocenters. The highest BCUT2D eigenvalue weighted by molar-refractivity contribution is 7.86. The first-order valence-electron chi connectivity index (χ1n) is 6.53. The number of benzene rings is 1. The van der Waals surface area contributed by atoms with Crippen LogP contribution in [0.5, 0.6) is 0 Å². The topological polar surface area (TPSA) is 66.0 Å². The second-order valence-corrected chi connectivity index (χ2v) is 6.64. The molecule has 25 heavy (non-hydrogen) atoms. The smallest absolute Gasteiger partial charge is 0.495 e. The molecular formula is C13H14F6N2O3S. The number of imidazole rings is 1. The summed E-state index contributed by atoms with van der Waals surface area (Å²) in [6, 6.07) is 3.58. The molecule has 0 bridgehead atoms. The summed E-state index contributed by atoms with van der Waals surface area (Å²) < 4.78 is 100. The van der Waals surface area contributed by atoms with Crippen LogP contribution in [-0.4, -0.2) is 23.0 Å². The van der Waals surface area contributed by atoms with Gasteiger partial charge in [-0.1, -0.05) is 0 Å². The van der Waals surface area contributed by atoms with Gasteiger partial charge in [0, 0.05) is 0 Å². The minimum Gasteiger partial charge on any atom is -0.741 e. The van der Waals surface area contributed by atoms with Crippen LogP contribution in [0.15, 0.2) is 12.1 Å². The van der Waals surface area contributed by atoms with E-state index in [4.69, 9.17) is 13.0 Å². The zero-order valence-electron chi connectivity index (χ0n) is 13.4. The first-order chi connectivity index (χ1) is 11.0. The number of hydrogen-bond acceptors (Lipinski definition) is 3. The molecule has 2 rings (SSSR count). The van der Waals surface area contributed by atoms with Crippen molar-refractivity contribution in [2.45, 2.75) is 25.5 Å². The van der Waals surface area contributed by atoms with Crippen molar-refractivity contribution in [3.8, 4) is 0 Å². The third-order valence-electron chi connectivity index (χ3n) is 3.49. The fourth-order valence-electron chi connectivity index (χ4n) is 2.16. The third-order valence-corrected chi connectivity index (χ3v) is 4.05. The molecular weight excluding hydrogens is 378 g/mol. The maximum Gasteiger partial charge on any atom is 0.495 e. The van der Waals surface area contributed by atoms with E-state index in [9.17, 15) is 26.3 Å². The minimum absolute atomic E-state index is 0.600. The van der Waals surface area contributed by atoms with Gasteiger partial charge in [-0.25, -0.2) is 17.6 Å². The van der Waals surface area contributed by atoms with E-state index in [0.29, 0.717) is 11.0 Å². The molecule has 0 amide bonds. The summed E-state index contributed by atoms with van der Waals surface area (Å²) in [7, 11) is -3.20. The lowest BCUT2D eigenvalue weighted by Gasteiger charge is -2.08. The van der Waals surface area contributed by atoms with E-state index in [2.05, 4.69) is 0 Å². The van der Waals surface area contributed by atoms with E-state index in [1.165, 1.54) is 23.2 Å². The summed E-state index contributed by atoms with van der Waals surface area (Å²) in [6.45, 7) is 3.80. The fraction of sp³-hybridized carbons (Fsp3) is 0.462. The van der Waals surface area contributed by atoms with E-state index in [1.54, 1.807) is 12.1 Å². The number of aromatic nitrogens is 2.